The molecule has 0 aliphatic carbocycles. The summed E-state index contributed by atoms with van der Waals surface area (Å²) in [6.45, 7) is 3.15. The summed E-state index contributed by atoms with van der Waals surface area (Å²) in [5.41, 5.74) is 0.108. The number of hydrogen-bond donors (Lipinski definition) is 2. The van der Waals surface area contributed by atoms with Crippen molar-refractivity contribution < 1.29 is 53.5 Å². The van der Waals surface area contributed by atoms with Gasteiger partial charge in [-0.2, -0.15) is 48.9 Å². The van der Waals surface area contributed by atoms with Gasteiger partial charge in [-0.3, -0.25) is 9.69 Å². The molecular weight excluding hydrogens is 546 g/mol. The summed E-state index contributed by atoms with van der Waals surface area (Å²) >= 11 is 0. The maximum absolute atomic E-state index is 14.8. The normalized spacial score (nSPS) is 16.4. The molecule has 1 aliphatic heterocycles. The highest BCUT2D eigenvalue weighted by Gasteiger charge is 2.76. The van der Waals surface area contributed by atoms with E-state index in [1.54, 1.807) is 13.8 Å². The van der Waals surface area contributed by atoms with E-state index in [1.807, 2.05) is 0 Å². The van der Waals surface area contributed by atoms with Crippen LogP contribution < -0.4 is 20.9 Å². The predicted octanol–water partition coefficient (Wildman–Crippen LogP) is 4.82. The van der Waals surface area contributed by atoms with E-state index in [0.29, 0.717) is 18.3 Å². The van der Waals surface area contributed by atoms with Gasteiger partial charge in [0, 0.05) is 6.20 Å². The summed E-state index contributed by atoms with van der Waals surface area (Å²) < 4.78 is 136. The average molecular weight is 562 g/mol. The molecule has 1 saturated heterocycles. The number of hydrogen-bond acceptors (Lipinski definition) is 5. The zero-order chi connectivity index (χ0) is 29.1. The van der Waals surface area contributed by atoms with E-state index in [0.717, 1.165) is 4.90 Å². The number of carbonyl (C=O) groups is 2. The fourth-order valence-corrected chi connectivity index (χ4v) is 3.36. The number of rotatable bonds is 5. The Morgan fingerprint density at radius 3 is 2.16 bits per heavy atom. The lowest BCUT2D eigenvalue weighted by molar-refractivity contribution is -0.351. The minimum absolute atomic E-state index is 0.0508. The van der Waals surface area contributed by atoms with Crippen LogP contribution in [0.1, 0.15) is 29.8 Å². The molecule has 0 saturated carbocycles. The van der Waals surface area contributed by atoms with Gasteiger partial charge in [0.15, 0.2) is 0 Å². The fourth-order valence-electron chi connectivity index (χ4n) is 3.36. The van der Waals surface area contributed by atoms with Crippen LogP contribution in [0, 0.1) is 0 Å². The topological polar surface area (TPSA) is 104 Å². The molecule has 0 bridgehead atoms. The molecule has 1 aliphatic rings. The van der Waals surface area contributed by atoms with Gasteiger partial charge in [0.05, 0.1) is 23.3 Å². The zero-order valence-electron chi connectivity index (χ0n) is 19.1. The third kappa shape index (κ3) is 4.98. The van der Waals surface area contributed by atoms with Crippen LogP contribution in [-0.4, -0.2) is 52.1 Å². The van der Waals surface area contributed by atoms with Gasteiger partial charge in [0.2, 0.25) is 5.95 Å². The molecule has 1 aromatic carbocycles. The molecule has 2 aromatic rings. The highest BCUT2D eigenvalue weighted by molar-refractivity contribution is 6.09. The second-order valence-corrected chi connectivity index (χ2v) is 8.67. The van der Waals surface area contributed by atoms with Crippen LogP contribution in [0.2, 0.25) is 0 Å². The van der Waals surface area contributed by atoms with Crippen LogP contribution in [0.5, 0.6) is 0 Å². The smallest absolute Gasteiger partial charge is 0.383 e. The average Bonchev–Trinajstić information content (AvgIpc) is 3.04. The van der Waals surface area contributed by atoms with Gasteiger partial charge in [0.25, 0.3) is 5.91 Å². The van der Waals surface area contributed by atoms with Crippen LogP contribution in [0.3, 0.4) is 0 Å². The number of urea groups is 1. The SMILES string of the molecule is CC1(C)CN(c2ncc(C(=O)N(c3cccc(C(F)(F)F)c3)C(F)(F)C(F)(F)C(F)(F)F)c(N)n2)C(=O)N1. The number of benzene rings is 1. The first-order valence-corrected chi connectivity index (χ1v) is 10.2. The summed E-state index contributed by atoms with van der Waals surface area (Å²) in [7, 11) is 0. The van der Waals surface area contributed by atoms with Gasteiger partial charge in [-0.1, -0.05) is 6.07 Å². The number of alkyl halides is 10. The highest BCUT2D eigenvalue weighted by atomic mass is 19.4. The molecule has 3 rings (SSSR count). The molecule has 3 N–H and O–H groups in total. The van der Waals surface area contributed by atoms with Crippen molar-refractivity contribution in [3.05, 3.63) is 41.6 Å². The minimum Gasteiger partial charge on any atom is -0.383 e. The van der Waals surface area contributed by atoms with Gasteiger partial charge in [-0.05, 0) is 32.0 Å². The number of anilines is 3. The zero-order valence-corrected chi connectivity index (χ0v) is 19.1. The Hall–Kier alpha value is -3.86. The lowest BCUT2D eigenvalue weighted by Gasteiger charge is -2.37. The molecule has 38 heavy (non-hydrogen) atoms. The summed E-state index contributed by atoms with van der Waals surface area (Å²) in [6.07, 6.45) is -11.8. The third-order valence-corrected chi connectivity index (χ3v) is 5.17. The summed E-state index contributed by atoms with van der Waals surface area (Å²) in [5.74, 6) is -10.8. The Kier molecular flexibility index (Phi) is 6.70. The van der Waals surface area contributed by atoms with E-state index in [1.165, 1.54) is 0 Å². The Balaban J connectivity index is 2.16. The molecule has 1 fully saturated rings. The summed E-state index contributed by atoms with van der Waals surface area (Å²) in [6, 6.07) is -6.42. The van der Waals surface area contributed by atoms with Crippen molar-refractivity contribution in [1.29, 1.82) is 0 Å². The monoisotopic (exact) mass is 562 g/mol. The lowest BCUT2D eigenvalue weighted by atomic mass is 10.1. The quantitative estimate of drug-likeness (QED) is 0.402. The molecule has 0 unspecified atom stereocenters. The van der Waals surface area contributed by atoms with E-state index in [2.05, 4.69) is 15.3 Å². The third-order valence-electron chi connectivity index (χ3n) is 5.17. The Bertz CT molecular complexity index is 1260. The molecular formula is C20H16F10N6O2. The Labute approximate surface area is 206 Å². The molecule has 18 heteroatoms. The molecule has 3 amide bonds. The number of halogens is 10. The number of nitrogens with two attached hydrogens (primary N) is 1. The second kappa shape index (κ2) is 8.87. The van der Waals surface area contributed by atoms with E-state index < -0.39 is 75.3 Å². The van der Waals surface area contributed by atoms with Crippen molar-refractivity contribution >= 4 is 29.4 Å². The molecule has 8 nitrogen and oxygen atoms in total. The maximum Gasteiger partial charge on any atom is 0.462 e. The van der Waals surface area contributed by atoms with E-state index in [9.17, 15) is 53.5 Å². The molecule has 0 spiro atoms. The molecule has 208 valence electrons. The first-order valence-electron chi connectivity index (χ1n) is 10.2. The van der Waals surface area contributed by atoms with Crippen molar-refractivity contribution in [2.45, 2.75) is 43.7 Å². The maximum atomic E-state index is 14.8. The summed E-state index contributed by atoms with van der Waals surface area (Å²) in [4.78, 5) is 31.6. The van der Waals surface area contributed by atoms with Crippen molar-refractivity contribution in [3.63, 3.8) is 0 Å². The number of amides is 3. The second-order valence-electron chi connectivity index (χ2n) is 8.67. The van der Waals surface area contributed by atoms with Gasteiger partial charge in [0.1, 0.15) is 11.4 Å². The van der Waals surface area contributed by atoms with Crippen molar-refractivity contribution in [3.8, 4) is 0 Å². The van der Waals surface area contributed by atoms with Crippen LogP contribution in [-0.2, 0) is 6.18 Å². The predicted molar refractivity (Wildman–Crippen MR) is 111 cm³/mol. The van der Waals surface area contributed by atoms with Crippen molar-refractivity contribution in [1.82, 2.24) is 15.3 Å². The first-order chi connectivity index (χ1) is 17.1. The molecule has 1 aromatic heterocycles. The van der Waals surface area contributed by atoms with Crippen molar-refractivity contribution in [2.24, 2.45) is 0 Å². The van der Waals surface area contributed by atoms with Gasteiger partial charge in [-0.25, -0.2) is 14.7 Å². The number of aromatic nitrogens is 2. The number of nitrogens with one attached hydrogen (secondary N) is 1. The molecule has 0 radical (unpaired) electrons. The number of carbonyl (C=O) groups excluding carboxylic acids is 2. The molecule has 2 heterocycles. The van der Waals surface area contributed by atoms with E-state index in [-0.39, 0.29) is 18.7 Å². The largest absolute Gasteiger partial charge is 0.462 e. The minimum atomic E-state index is -6.93. The fraction of sp³-hybridized carbons (Fsp3) is 0.400. The lowest BCUT2D eigenvalue weighted by Crippen LogP contribution is -2.63. The number of nitrogens with zero attached hydrogens (tertiary/aromatic N) is 4. The Morgan fingerprint density at radius 1 is 1.08 bits per heavy atom. The Morgan fingerprint density at radius 2 is 1.68 bits per heavy atom. The van der Waals surface area contributed by atoms with E-state index >= 15 is 0 Å². The van der Waals surface area contributed by atoms with E-state index in [4.69, 9.17) is 5.73 Å². The first kappa shape index (κ1) is 28.7. The van der Waals surface area contributed by atoms with Crippen LogP contribution in [0.4, 0.5) is 66.2 Å². The van der Waals surface area contributed by atoms with Crippen molar-refractivity contribution in [2.75, 3.05) is 22.1 Å². The number of nitrogen functional groups attached to an aromatic ring is 1. The highest BCUT2D eigenvalue weighted by Crippen LogP contribution is 2.50. The van der Waals surface area contributed by atoms with Crippen LogP contribution in [0.15, 0.2) is 30.5 Å². The van der Waals surface area contributed by atoms with Crippen LogP contribution >= 0.6 is 0 Å². The van der Waals surface area contributed by atoms with Crippen LogP contribution in [0.25, 0.3) is 0 Å². The van der Waals surface area contributed by atoms with Gasteiger partial charge >= 0.3 is 30.4 Å². The standard InChI is InChI=1S/C20H16F10N6O2/c1-16(2)8-35(15(38)34-16)14-32-7-11(12(31)33-14)13(37)36(20(29,30)18(24,25)19(26,27)28)10-5-3-4-9(6-10)17(21,22)23/h3-7H,8H2,1-2H3,(H,34,38)(H2,31,32,33). The van der Waals surface area contributed by atoms with Gasteiger partial charge in [-0.15, -0.1) is 0 Å². The summed E-state index contributed by atoms with van der Waals surface area (Å²) in [5, 5.41) is 2.52. The van der Waals surface area contributed by atoms with Gasteiger partial charge < -0.3 is 11.1 Å². The molecule has 0 atom stereocenters.